The minimum Gasteiger partial charge on any atom is -0.356 e. The van der Waals surface area contributed by atoms with E-state index in [2.05, 4.69) is 15.3 Å². The van der Waals surface area contributed by atoms with Crippen molar-refractivity contribution in [1.82, 2.24) is 14.9 Å². The van der Waals surface area contributed by atoms with Crippen molar-refractivity contribution >= 4 is 23.4 Å². The van der Waals surface area contributed by atoms with E-state index in [1.54, 1.807) is 23.2 Å². The Kier molecular flexibility index (Phi) is 5.16. The van der Waals surface area contributed by atoms with Gasteiger partial charge in [-0.05, 0) is 44.9 Å². The van der Waals surface area contributed by atoms with Crippen LogP contribution in [-0.2, 0) is 4.79 Å². The standard InChI is InChI=1S/C19H22N4O3/c1-12-4-3-5-17(21-12)22-18(25)14-6-8-23(9-7-14)19(26)16-10-15(11-20-16)13(2)24/h3-5,10-11,14,20H,6-9H2,1-2H3,(H,21,22,25). The molecule has 7 heteroatoms. The molecule has 0 aromatic carbocycles. The summed E-state index contributed by atoms with van der Waals surface area (Å²) < 4.78 is 0. The molecule has 7 nitrogen and oxygen atoms in total. The first-order chi connectivity index (χ1) is 12.4. The number of amides is 2. The van der Waals surface area contributed by atoms with E-state index >= 15 is 0 Å². The molecule has 0 atom stereocenters. The van der Waals surface area contributed by atoms with Crippen LogP contribution < -0.4 is 5.32 Å². The number of H-pyrrole nitrogens is 1. The molecule has 136 valence electrons. The third kappa shape index (κ3) is 3.99. The van der Waals surface area contributed by atoms with Crippen molar-refractivity contribution in [3.05, 3.63) is 47.4 Å². The summed E-state index contributed by atoms with van der Waals surface area (Å²) in [4.78, 5) is 45.1. The largest absolute Gasteiger partial charge is 0.356 e. The Labute approximate surface area is 151 Å². The Hall–Kier alpha value is -2.96. The predicted octanol–water partition coefficient (Wildman–Crippen LogP) is 2.41. The van der Waals surface area contributed by atoms with Gasteiger partial charge in [0.2, 0.25) is 5.91 Å². The number of aromatic amines is 1. The zero-order valence-electron chi connectivity index (χ0n) is 14.9. The van der Waals surface area contributed by atoms with E-state index in [4.69, 9.17) is 0 Å². The molecule has 1 aliphatic heterocycles. The van der Waals surface area contributed by atoms with Crippen LogP contribution in [0.5, 0.6) is 0 Å². The highest BCUT2D eigenvalue weighted by atomic mass is 16.2. The molecule has 3 rings (SSSR count). The molecule has 2 amide bonds. The Morgan fingerprint density at radius 2 is 1.96 bits per heavy atom. The number of ketones is 1. The number of rotatable bonds is 4. The smallest absolute Gasteiger partial charge is 0.270 e. The summed E-state index contributed by atoms with van der Waals surface area (Å²) in [5, 5.41) is 2.85. The number of pyridine rings is 1. The van der Waals surface area contributed by atoms with Crippen LogP contribution >= 0.6 is 0 Å². The quantitative estimate of drug-likeness (QED) is 0.824. The molecule has 0 radical (unpaired) electrons. The third-order valence-corrected chi connectivity index (χ3v) is 4.61. The predicted molar refractivity (Wildman–Crippen MR) is 97.0 cm³/mol. The highest BCUT2D eigenvalue weighted by molar-refractivity contribution is 5.99. The van der Waals surface area contributed by atoms with Gasteiger partial charge in [0.15, 0.2) is 5.78 Å². The Morgan fingerprint density at radius 3 is 2.58 bits per heavy atom. The van der Waals surface area contributed by atoms with Crippen molar-refractivity contribution in [1.29, 1.82) is 0 Å². The number of hydrogen-bond acceptors (Lipinski definition) is 4. The molecule has 1 saturated heterocycles. The number of nitrogens with zero attached hydrogens (tertiary/aromatic N) is 2. The van der Waals surface area contributed by atoms with Crippen molar-refractivity contribution < 1.29 is 14.4 Å². The summed E-state index contributed by atoms with van der Waals surface area (Å²) >= 11 is 0. The lowest BCUT2D eigenvalue weighted by molar-refractivity contribution is -0.121. The summed E-state index contributed by atoms with van der Waals surface area (Å²) in [6.07, 6.45) is 2.75. The molecule has 1 fully saturated rings. The second-order valence-electron chi connectivity index (χ2n) is 6.58. The fourth-order valence-corrected chi connectivity index (χ4v) is 3.08. The Morgan fingerprint density at radius 1 is 1.23 bits per heavy atom. The molecule has 0 spiro atoms. The minimum absolute atomic E-state index is 0.0612. The van der Waals surface area contributed by atoms with Gasteiger partial charge in [-0.3, -0.25) is 14.4 Å². The van der Waals surface area contributed by atoms with Crippen LogP contribution in [0.4, 0.5) is 5.82 Å². The number of likely N-dealkylation sites (tertiary alicyclic amines) is 1. The molecular formula is C19H22N4O3. The molecule has 0 aliphatic carbocycles. The highest BCUT2D eigenvalue weighted by Crippen LogP contribution is 2.21. The van der Waals surface area contributed by atoms with Gasteiger partial charge in [0.05, 0.1) is 0 Å². The van der Waals surface area contributed by atoms with Crippen LogP contribution in [0.3, 0.4) is 0 Å². The summed E-state index contributed by atoms with van der Waals surface area (Å²) in [5.74, 6) is 0.125. The zero-order valence-corrected chi connectivity index (χ0v) is 14.9. The van der Waals surface area contributed by atoms with Crippen LogP contribution in [0, 0.1) is 12.8 Å². The van der Waals surface area contributed by atoms with Gasteiger partial charge in [-0.15, -0.1) is 0 Å². The maximum Gasteiger partial charge on any atom is 0.270 e. The number of Topliss-reactive ketones (excluding diaryl/α,β-unsaturated/α-hetero) is 1. The lowest BCUT2D eigenvalue weighted by atomic mass is 9.95. The number of carbonyl (C=O) groups excluding carboxylic acids is 3. The van der Waals surface area contributed by atoms with Gasteiger partial charge >= 0.3 is 0 Å². The van der Waals surface area contributed by atoms with Gasteiger partial charge < -0.3 is 15.2 Å². The number of anilines is 1. The van der Waals surface area contributed by atoms with Crippen LogP contribution in [0.25, 0.3) is 0 Å². The van der Waals surface area contributed by atoms with E-state index in [0.717, 1.165) is 5.69 Å². The summed E-state index contributed by atoms with van der Waals surface area (Å²) in [6, 6.07) is 7.07. The van der Waals surface area contributed by atoms with E-state index in [1.807, 2.05) is 19.1 Å². The van der Waals surface area contributed by atoms with Gasteiger partial charge in [0, 0.05) is 36.5 Å². The first-order valence-corrected chi connectivity index (χ1v) is 8.67. The van der Waals surface area contributed by atoms with Crippen molar-refractivity contribution in [2.75, 3.05) is 18.4 Å². The number of piperidine rings is 1. The van der Waals surface area contributed by atoms with E-state index in [-0.39, 0.29) is 23.5 Å². The molecule has 0 saturated carbocycles. The number of aromatic nitrogens is 2. The first kappa shape index (κ1) is 17.8. The third-order valence-electron chi connectivity index (χ3n) is 4.61. The topological polar surface area (TPSA) is 95.2 Å². The number of hydrogen-bond donors (Lipinski definition) is 2. The Balaban J connectivity index is 1.55. The molecule has 2 aromatic rings. The molecule has 2 N–H and O–H groups in total. The van der Waals surface area contributed by atoms with Crippen LogP contribution in [-0.4, -0.2) is 45.6 Å². The van der Waals surface area contributed by atoms with Crippen LogP contribution in [0.15, 0.2) is 30.5 Å². The minimum atomic E-state index is -0.142. The summed E-state index contributed by atoms with van der Waals surface area (Å²) in [5.41, 5.74) is 1.74. The van der Waals surface area contributed by atoms with Gasteiger partial charge in [0.25, 0.3) is 5.91 Å². The van der Waals surface area contributed by atoms with E-state index in [0.29, 0.717) is 43.0 Å². The number of carbonyl (C=O) groups is 3. The van der Waals surface area contributed by atoms with Crippen molar-refractivity contribution in [3.8, 4) is 0 Å². The second-order valence-corrected chi connectivity index (χ2v) is 6.58. The van der Waals surface area contributed by atoms with Crippen molar-refractivity contribution in [3.63, 3.8) is 0 Å². The molecule has 2 aromatic heterocycles. The fraction of sp³-hybridized carbons (Fsp3) is 0.368. The highest BCUT2D eigenvalue weighted by Gasteiger charge is 2.28. The molecule has 0 bridgehead atoms. The molecule has 3 heterocycles. The molecule has 0 unspecified atom stereocenters. The normalized spacial score (nSPS) is 14.9. The number of aryl methyl sites for hydroxylation is 1. The van der Waals surface area contributed by atoms with E-state index in [1.165, 1.54) is 6.92 Å². The van der Waals surface area contributed by atoms with Crippen molar-refractivity contribution in [2.24, 2.45) is 5.92 Å². The average molecular weight is 354 g/mol. The first-order valence-electron chi connectivity index (χ1n) is 8.67. The summed E-state index contributed by atoms with van der Waals surface area (Å²) in [6.45, 7) is 4.35. The molecule has 1 aliphatic rings. The zero-order chi connectivity index (χ0) is 18.7. The van der Waals surface area contributed by atoms with Gasteiger partial charge in [-0.25, -0.2) is 4.98 Å². The maximum absolute atomic E-state index is 12.5. The Bertz CT molecular complexity index is 835. The van der Waals surface area contributed by atoms with Gasteiger partial charge in [-0.1, -0.05) is 6.07 Å². The van der Waals surface area contributed by atoms with Crippen LogP contribution in [0.2, 0.25) is 0 Å². The van der Waals surface area contributed by atoms with Gasteiger partial charge in [0.1, 0.15) is 11.5 Å². The monoisotopic (exact) mass is 354 g/mol. The van der Waals surface area contributed by atoms with Gasteiger partial charge in [-0.2, -0.15) is 0 Å². The summed E-state index contributed by atoms with van der Waals surface area (Å²) in [7, 11) is 0. The second kappa shape index (κ2) is 7.51. The average Bonchev–Trinajstić information content (AvgIpc) is 3.12. The lowest BCUT2D eigenvalue weighted by Crippen LogP contribution is -2.41. The van der Waals surface area contributed by atoms with E-state index < -0.39 is 0 Å². The maximum atomic E-state index is 12.5. The molecule has 26 heavy (non-hydrogen) atoms. The van der Waals surface area contributed by atoms with Crippen molar-refractivity contribution in [2.45, 2.75) is 26.7 Å². The fourth-order valence-electron chi connectivity index (χ4n) is 3.08. The van der Waals surface area contributed by atoms with Crippen LogP contribution in [0.1, 0.15) is 46.3 Å². The molecular weight excluding hydrogens is 332 g/mol. The lowest BCUT2D eigenvalue weighted by Gasteiger charge is -2.31. The van der Waals surface area contributed by atoms with E-state index in [9.17, 15) is 14.4 Å². The SMILES string of the molecule is CC(=O)c1c[nH]c(C(=O)N2CCC(C(=O)Nc3cccc(C)n3)CC2)c1. The number of nitrogens with one attached hydrogen (secondary N) is 2.